The van der Waals surface area contributed by atoms with Crippen molar-refractivity contribution in [3.63, 3.8) is 0 Å². The van der Waals surface area contributed by atoms with Gasteiger partial charge >= 0.3 is 0 Å². The third-order valence-electron chi connectivity index (χ3n) is 4.17. The Kier molecular flexibility index (Phi) is 7.12. The molecule has 2 nitrogen and oxygen atoms in total. The highest BCUT2D eigenvalue weighted by atomic mass is 32.2. The van der Waals surface area contributed by atoms with Gasteiger partial charge in [0.05, 0.1) is 0 Å². The van der Waals surface area contributed by atoms with Crippen molar-refractivity contribution < 1.29 is 4.79 Å². The van der Waals surface area contributed by atoms with E-state index in [0.717, 1.165) is 12.2 Å². The maximum Gasteiger partial charge on any atom is 0.220 e. The average Bonchev–Trinajstić information content (AvgIpc) is 2.58. The molecule has 1 N–H and O–H groups in total. The molecule has 0 spiro atoms. The first kappa shape index (κ1) is 19.6. The quantitative estimate of drug-likeness (QED) is 0.551. The van der Waals surface area contributed by atoms with Crippen molar-refractivity contribution in [3.05, 3.63) is 65.2 Å². The van der Waals surface area contributed by atoms with E-state index in [4.69, 9.17) is 0 Å². The fraction of sp³-hybridized carbons (Fsp3) is 0.409. The van der Waals surface area contributed by atoms with E-state index >= 15 is 0 Å². The summed E-state index contributed by atoms with van der Waals surface area (Å²) < 4.78 is 0. The lowest BCUT2D eigenvalue weighted by Gasteiger charge is -2.19. The molecule has 0 bridgehead atoms. The molecule has 25 heavy (non-hydrogen) atoms. The van der Waals surface area contributed by atoms with Crippen LogP contribution in [0.1, 0.15) is 43.9 Å². The minimum Gasteiger partial charge on any atom is -0.355 e. The van der Waals surface area contributed by atoms with Gasteiger partial charge in [-0.3, -0.25) is 4.79 Å². The van der Waals surface area contributed by atoms with Crippen molar-refractivity contribution in [2.75, 3.05) is 12.3 Å². The molecule has 0 unspecified atom stereocenters. The van der Waals surface area contributed by atoms with Crippen molar-refractivity contribution in [2.24, 2.45) is 0 Å². The molecule has 0 saturated carbocycles. The zero-order valence-corrected chi connectivity index (χ0v) is 16.6. The number of amides is 1. The van der Waals surface area contributed by atoms with Crippen LogP contribution in [0.15, 0.2) is 53.4 Å². The fourth-order valence-electron chi connectivity index (χ4n) is 2.51. The summed E-state index contributed by atoms with van der Waals surface area (Å²) >= 11 is 1.77. The van der Waals surface area contributed by atoms with Crippen LogP contribution in [0.4, 0.5) is 0 Å². The minimum absolute atomic E-state index is 0.129. The number of rotatable bonds is 7. The number of nitrogens with one attached hydrogen (secondary N) is 1. The lowest BCUT2D eigenvalue weighted by Crippen LogP contribution is -2.25. The Labute approximate surface area is 156 Å². The lowest BCUT2D eigenvalue weighted by molar-refractivity contribution is -0.120. The topological polar surface area (TPSA) is 29.1 Å². The Morgan fingerprint density at radius 2 is 1.64 bits per heavy atom. The third kappa shape index (κ3) is 6.95. The number of hydrogen-bond acceptors (Lipinski definition) is 2. The van der Waals surface area contributed by atoms with Gasteiger partial charge in [0.25, 0.3) is 0 Å². The molecule has 2 aromatic carbocycles. The van der Waals surface area contributed by atoms with Gasteiger partial charge in [0, 0.05) is 23.6 Å². The van der Waals surface area contributed by atoms with Crippen LogP contribution in [-0.4, -0.2) is 18.2 Å². The molecule has 0 aromatic heterocycles. The summed E-state index contributed by atoms with van der Waals surface area (Å²) in [5.74, 6) is 1.03. The zero-order chi connectivity index (χ0) is 18.3. The van der Waals surface area contributed by atoms with E-state index in [1.807, 2.05) is 0 Å². The molecule has 0 aliphatic rings. The van der Waals surface area contributed by atoms with Gasteiger partial charge in [-0.15, -0.1) is 11.8 Å². The van der Waals surface area contributed by atoms with E-state index in [0.29, 0.717) is 13.0 Å². The van der Waals surface area contributed by atoms with Crippen LogP contribution in [0.2, 0.25) is 0 Å². The molecule has 0 aliphatic carbocycles. The van der Waals surface area contributed by atoms with Gasteiger partial charge in [-0.2, -0.15) is 0 Å². The highest BCUT2D eigenvalue weighted by molar-refractivity contribution is 7.99. The van der Waals surface area contributed by atoms with Crippen LogP contribution in [-0.2, 0) is 16.6 Å². The Hall–Kier alpha value is -1.74. The fourth-order valence-corrected chi connectivity index (χ4v) is 3.28. The molecule has 3 heteroatoms. The summed E-state index contributed by atoms with van der Waals surface area (Å²) in [4.78, 5) is 13.2. The van der Waals surface area contributed by atoms with Gasteiger partial charge in [0.2, 0.25) is 5.91 Å². The van der Waals surface area contributed by atoms with Crippen LogP contribution in [0, 0.1) is 6.92 Å². The van der Waals surface area contributed by atoms with E-state index < -0.39 is 0 Å². The number of thioether (sulfide) groups is 1. The van der Waals surface area contributed by atoms with E-state index in [2.05, 4.69) is 81.5 Å². The first-order valence-corrected chi connectivity index (χ1v) is 9.89. The number of benzene rings is 2. The highest BCUT2D eigenvalue weighted by Gasteiger charge is 2.12. The first-order valence-electron chi connectivity index (χ1n) is 8.90. The van der Waals surface area contributed by atoms with Crippen molar-refractivity contribution in [2.45, 2.75) is 50.8 Å². The standard InChI is InChI=1S/C22H29NOS/c1-17-5-12-20(13-6-17)25-16-15-23-21(24)14-9-18-7-10-19(11-8-18)22(2,3)4/h5-8,10-13H,9,14-16H2,1-4H3,(H,23,24). The summed E-state index contributed by atoms with van der Waals surface area (Å²) in [6.07, 6.45) is 1.34. The van der Waals surface area contributed by atoms with Crippen molar-refractivity contribution in [3.8, 4) is 0 Å². The third-order valence-corrected chi connectivity index (χ3v) is 5.19. The molecule has 0 heterocycles. The molecule has 1 amide bonds. The summed E-state index contributed by atoms with van der Waals surface area (Å²) in [5.41, 5.74) is 3.99. The van der Waals surface area contributed by atoms with Crippen molar-refractivity contribution >= 4 is 17.7 Å². The molecule has 0 aliphatic heterocycles. The average molecular weight is 356 g/mol. The van der Waals surface area contributed by atoms with Gasteiger partial charge in [-0.25, -0.2) is 0 Å². The number of hydrogen-bond donors (Lipinski definition) is 1. The van der Waals surface area contributed by atoms with E-state index in [1.165, 1.54) is 21.6 Å². The largest absolute Gasteiger partial charge is 0.355 e. The van der Waals surface area contributed by atoms with Gasteiger partial charge < -0.3 is 5.32 Å². The van der Waals surface area contributed by atoms with Crippen LogP contribution >= 0.6 is 11.8 Å². The van der Waals surface area contributed by atoms with Gasteiger partial charge in [0.15, 0.2) is 0 Å². The van der Waals surface area contributed by atoms with Crippen LogP contribution in [0.25, 0.3) is 0 Å². The molecular weight excluding hydrogens is 326 g/mol. The molecule has 0 atom stereocenters. The summed E-state index contributed by atoms with van der Waals surface area (Å²) in [7, 11) is 0. The second-order valence-electron chi connectivity index (χ2n) is 7.46. The molecule has 134 valence electrons. The van der Waals surface area contributed by atoms with E-state index in [-0.39, 0.29) is 11.3 Å². The number of carbonyl (C=O) groups is 1. The predicted molar refractivity (Wildman–Crippen MR) is 108 cm³/mol. The Bertz CT molecular complexity index is 669. The van der Waals surface area contributed by atoms with Gasteiger partial charge in [-0.1, -0.05) is 62.7 Å². The molecular formula is C22H29NOS. The second kappa shape index (κ2) is 9.10. The van der Waals surface area contributed by atoms with E-state index in [1.54, 1.807) is 11.8 Å². The second-order valence-corrected chi connectivity index (χ2v) is 8.63. The Morgan fingerprint density at radius 3 is 2.24 bits per heavy atom. The monoisotopic (exact) mass is 355 g/mol. The molecule has 0 radical (unpaired) electrons. The van der Waals surface area contributed by atoms with Crippen molar-refractivity contribution in [1.82, 2.24) is 5.32 Å². The summed E-state index contributed by atoms with van der Waals surface area (Å²) in [5, 5.41) is 3.01. The Balaban J connectivity index is 1.66. The van der Waals surface area contributed by atoms with Gasteiger partial charge in [-0.05, 0) is 42.0 Å². The normalized spacial score (nSPS) is 11.4. The maximum atomic E-state index is 12.0. The number of carbonyl (C=O) groups excluding carboxylic acids is 1. The summed E-state index contributed by atoms with van der Waals surface area (Å²) in [6, 6.07) is 17.1. The SMILES string of the molecule is Cc1ccc(SCCNC(=O)CCc2ccc(C(C)(C)C)cc2)cc1. The smallest absolute Gasteiger partial charge is 0.220 e. The highest BCUT2D eigenvalue weighted by Crippen LogP contribution is 2.22. The van der Waals surface area contributed by atoms with E-state index in [9.17, 15) is 4.79 Å². The predicted octanol–water partition coefficient (Wildman–Crippen LogP) is 5.13. The molecule has 2 aromatic rings. The maximum absolute atomic E-state index is 12.0. The van der Waals surface area contributed by atoms with Crippen molar-refractivity contribution in [1.29, 1.82) is 0 Å². The van der Waals surface area contributed by atoms with Crippen LogP contribution < -0.4 is 5.32 Å². The zero-order valence-electron chi connectivity index (χ0n) is 15.8. The van der Waals surface area contributed by atoms with Gasteiger partial charge in [0.1, 0.15) is 0 Å². The molecule has 2 rings (SSSR count). The van der Waals surface area contributed by atoms with Crippen LogP contribution in [0.5, 0.6) is 0 Å². The first-order chi connectivity index (χ1) is 11.8. The summed E-state index contributed by atoms with van der Waals surface area (Å²) in [6.45, 7) is 9.43. The Morgan fingerprint density at radius 1 is 1.00 bits per heavy atom. The minimum atomic E-state index is 0.129. The molecule has 0 fully saturated rings. The number of aryl methyl sites for hydroxylation is 2. The molecule has 0 saturated heterocycles. The lowest BCUT2D eigenvalue weighted by atomic mass is 9.86. The van der Waals surface area contributed by atoms with Crippen LogP contribution in [0.3, 0.4) is 0 Å².